The zero-order chi connectivity index (χ0) is 26.3. The Balaban J connectivity index is 1.87. The predicted octanol–water partition coefficient (Wildman–Crippen LogP) is 5.77. The minimum Gasteiger partial charge on any atom is -0.490 e. The van der Waals surface area contributed by atoms with Crippen molar-refractivity contribution in [1.82, 2.24) is 4.90 Å². The standard InChI is InChI=1S/C28H31NO6S/c1-6-11-21-14-20(15-22(33-7-2)25(21)34-18-19-12-9-8-10-13-19)16-23-26(31)29(27(32)36-23)17-24(30)35-28(3,4)5/h6,8-10,12-16H,1,7,11,17-18H2,2-5H3. The van der Waals surface area contributed by atoms with Gasteiger partial charge in [-0.1, -0.05) is 36.4 Å². The summed E-state index contributed by atoms with van der Waals surface area (Å²) in [5.41, 5.74) is 1.82. The number of nitrogens with zero attached hydrogens (tertiary/aromatic N) is 1. The van der Waals surface area contributed by atoms with Crippen molar-refractivity contribution in [2.24, 2.45) is 0 Å². The van der Waals surface area contributed by atoms with Crippen molar-refractivity contribution in [2.75, 3.05) is 13.2 Å². The smallest absolute Gasteiger partial charge is 0.326 e. The van der Waals surface area contributed by atoms with Crippen molar-refractivity contribution in [3.05, 3.63) is 76.7 Å². The van der Waals surface area contributed by atoms with Crippen LogP contribution in [0.25, 0.3) is 6.08 Å². The summed E-state index contributed by atoms with van der Waals surface area (Å²) in [4.78, 5) is 38.6. The van der Waals surface area contributed by atoms with Crippen LogP contribution in [-0.4, -0.2) is 40.8 Å². The van der Waals surface area contributed by atoms with E-state index in [4.69, 9.17) is 14.2 Å². The number of esters is 1. The third-order valence-corrected chi connectivity index (χ3v) is 5.83. The lowest BCUT2D eigenvalue weighted by Gasteiger charge is -2.21. The Morgan fingerprint density at radius 3 is 2.47 bits per heavy atom. The molecule has 2 aromatic carbocycles. The first kappa shape index (κ1) is 27.1. The number of amides is 2. The van der Waals surface area contributed by atoms with Crippen LogP contribution in [-0.2, 0) is 27.4 Å². The fourth-order valence-corrected chi connectivity index (χ4v) is 4.36. The second kappa shape index (κ2) is 11.9. The Kier molecular flexibility index (Phi) is 8.98. The van der Waals surface area contributed by atoms with Gasteiger partial charge < -0.3 is 14.2 Å². The predicted molar refractivity (Wildman–Crippen MR) is 141 cm³/mol. The van der Waals surface area contributed by atoms with Gasteiger partial charge in [-0.25, -0.2) is 0 Å². The minimum absolute atomic E-state index is 0.216. The van der Waals surface area contributed by atoms with Crippen LogP contribution in [0.4, 0.5) is 4.79 Å². The number of rotatable bonds is 10. The minimum atomic E-state index is -0.712. The number of hydrogen-bond acceptors (Lipinski definition) is 7. The van der Waals surface area contributed by atoms with Crippen molar-refractivity contribution in [3.63, 3.8) is 0 Å². The zero-order valence-electron chi connectivity index (χ0n) is 21.0. The molecule has 1 fully saturated rings. The summed E-state index contributed by atoms with van der Waals surface area (Å²) in [5, 5.41) is -0.517. The van der Waals surface area contributed by atoms with Gasteiger partial charge in [-0.05, 0) is 75.2 Å². The maximum Gasteiger partial charge on any atom is 0.326 e. The molecule has 0 spiro atoms. The maximum atomic E-state index is 12.9. The number of carbonyl (C=O) groups is 3. The first-order chi connectivity index (χ1) is 17.1. The number of benzene rings is 2. The van der Waals surface area contributed by atoms with E-state index in [1.54, 1.807) is 39.0 Å². The van der Waals surface area contributed by atoms with E-state index in [1.165, 1.54) is 0 Å². The fourth-order valence-electron chi connectivity index (χ4n) is 3.52. The molecule has 2 amide bonds. The van der Waals surface area contributed by atoms with Crippen molar-refractivity contribution in [1.29, 1.82) is 0 Å². The van der Waals surface area contributed by atoms with Crippen molar-refractivity contribution in [3.8, 4) is 11.5 Å². The SMILES string of the molecule is C=CCc1cc(C=C2SC(=O)N(CC(=O)OC(C)(C)C)C2=O)cc(OCC)c1OCc1ccccc1. The van der Waals surface area contributed by atoms with E-state index in [-0.39, 0.29) is 4.91 Å². The molecular weight excluding hydrogens is 478 g/mol. The molecule has 36 heavy (non-hydrogen) atoms. The quantitative estimate of drug-likeness (QED) is 0.228. The van der Waals surface area contributed by atoms with Crippen LogP contribution >= 0.6 is 11.8 Å². The highest BCUT2D eigenvalue weighted by Crippen LogP contribution is 2.37. The van der Waals surface area contributed by atoms with Crippen LogP contribution in [0.2, 0.25) is 0 Å². The maximum absolute atomic E-state index is 12.9. The highest BCUT2D eigenvalue weighted by atomic mass is 32.2. The monoisotopic (exact) mass is 509 g/mol. The molecule has 1 heterocycles. The molecule has 0 saturated carbocycles. The summed E-state index contributed by atoms with van der Waals surface area (Å²) in [7, 11) is 0. The molecule has 7 nitrogen and oxygen atoms in total. The van der Waals surface area contributed by atoms with Crippen molar-refractivity contribution >= 4 is 35.0 Å². The number of imide groups is 1. The van der Waals surface area contributed by atoms with Crippen LogP contribution < -0.4 is 9.47 Å². The first-order valence-corrected chi connectivity index (χ1v) is 12.5. The molecule has 0 atom stereocenters. The highest BCUT2D eigenvalue weighted by molar-refractivity contribution is 8.18. The van der Waals surface area contributed by atoms with Gasteiger partial charge in [0.2, 0.25) is 0 Å². The Bertz CT molecular complexity index is 1170. The van der Waals surface area contributed by atoms with Gasteiger partial charge >= 0.3 is 5.97 Å². The Morgan fingerprint density at radius 2 is 1.83 bits per heavy atom. The van der Waals surface area contributed by atoms with E-state index in [2.05, 4.69) is 6.58 Å². The van der Waals surface area contributed by atoms with Gasteiger partial charge in [0, 0.05) is 5.56 Å². The summed E-state index contributed by atoms with van der Waals surface area (Å²) in [6.45, 7) is 11.3. The normalized spacial score (nSPS) is 14.8. The second-order valence-electron chi connectivity index (χ2n) is 9.06. The third-order valence-electron chi connectivity index (χ3n) is 4.92. The van der Waals surface area contributed by atoms with Crippen LogP contribution in [0.3, 0.4) is 0 Å². The van der Waals surface area contributed by atoms with Crippen LogP contribution in [0.5, 0.6) is 11.5 Å². The number of allylic oxidation sites excluding steroid dienone is 1. The molecule has 1 aliphatic rings. The summed E-state index contributed by atoms with van der Waals surface area (Å²) in [6, 6.07) is 13.5. The lowest BCUT2D eigenvalue weighted by atomic mass is 10.0. The summed E-state index contributed by atoms with van der Waals surface area (Å²) in [5.74, 6) is -0.0378. The van der Waals surface area contributed by atoms with Gasteiger partial charge in [0.1, 0.15) is 18.8 Å². The highest BCUT2D eigenvalue weighted by Gasteiger charge is 2.37. The average molecular weight is 510 g/mol. The van der Waals surface area contributed by atoms with E-state index in [0.717, 1.165) is 27.8 Å². The van der Waals surface area contributed by atoms with Crippen LogP contribution in [0, 0.1) is 0 Å². The molecule has 2 aromatic rings. The lowest BCUT2D eigenvalue weighted by molar-refractivity contribution is -0.156. The number of ether oxygens (including phenoxy) is 3. The largest absolute Gasteiger partial charge is 0.490 e. The first-order valence-electron chi connectivity index (χ1n) is 11.7. The number of carbonyl (C=O) groups excluding carboxylic acids is 3. The zero-order valence-corrected chi connectivity index (χ0v) is 21.9. The molecule has 1 saturated heterocycles. The van der Waals surface area contributed by atoms with Gasteiger partial charge in [-0.2, -0.15) is 0 Å². The Morgan fingerprint density at radius 1 is 1.11 bits per heavy atom. The molecule has 3 rings (SSSR count). The van der Waals surface area contributed by atoms with Gasteiger partial charge in [-0.15, -0.1) is 6.58 Å². The molecule has 0 radical (unpaired) electrons. The molecule has 8 heteroatoms. The van der Waals surface area contributed by atoms with E-state index in [9.17, 15) is 14.4 Å². The Labute approximate surface area is 216 Å². The van der Waals surface area contributed by atoms with E-state index in [0.29, 0.717) is 36.7 Å². The van der Waals surface area contributed by atoms with Crippen molar-refractivity contribution in [2.45, 2.75) is 46.3 Å². The van der Waals surface area contributed by atoms with Gasteiger partial charge in [0.05, 0.1) is 11.5 Å². The molecule has 1 aliphatic heterocycles. The molecule has 0 bridgehead atoms. The summed E-state index contributed by atoms with van der Waals surface area (Å²) in [6.07, 6.45) is 3.90. The summed E-state index contributed by atoms with van der Waals surface area (Å²) >= 11 is 0.785. The van der Waals surface area contributed by atoms with E-state index in [1.807, 2.05) is 43.3 Å². The topological polar surface area (TPSA) is 82.1 Å². The lowest BCUT2D eigenvalue weighted by Crippen LogP contribution is -2.37. The number of hydrogen-bond donors (Lipinski definition) is 0. The van der Waals surface area contributed by atoms with Gasteiger partial charge in [0.25, 0.3) is 11.1 Å². The average Bonchev–Trinajstić information content (AvgIpc) is 3.05. The van der Waals surface area contributed by atoms with Crippen LogP contribution in [0.15, 0.2) is 60.0 Å². The van der Waals surface area contributed by atoms with E-state index >= 15 is 0 Å². The summed E-state index contributed by atoms with van der Waals surface area (Å²) < 4.78 is 17.3. The van der Waals surface area contributed by atoms with E-state index < -0.39 is 29.3 Å². The Hall–Kier alpha value is -3.52. The molecule has 0 unspecified atom stereocenters. The fraction of sp³-hybridized carbons (Fsp3) is 0.321. The van der Waals surface area contributed by atoms with Gasteiger partial charge in [0.15, 0.2) is 11.5 Å². The van der Waals surface area contributed by atoms with Crippen molar-refractivity contribution < 1.29 is 28.6 Å². The number of thioether (sulfide) groups is 1. The molecule has 0 aromatic heterocycles. The van der Waals surface area contributed by atoms with Crippen LogP contribution in [0.1, 0.15) is 44.4 Å². The van der Waals surface area contributed by atoms with Gasteiger partial charge in [-0.3, -0.25) is 19.3 Å². The second-order valence-corrected chi connectivity index (χ2v) is 10.1. The molecular formula is C28H31NO6S. The third kappa shape index (κ3) is 7.24. The molecule has 0 N–H and O–H groups in total. The molecule has 190 valence electrons. The molecule has 0 aliphatic carbocycles.